The smallest absolute Gasteiger partial charge is 0.408 e. The number of aliphatic hydroxyl groups excluding tert-OH is 1. The number of alkyl carbamates (subject to hydrolysis) is 1. The van der Waals surface area contributed by atoms with Crippen LogP contribution in [0.2, 0.25) is 5.02 Å². The van der Waals surface area contributed by atoms with Gasteiger partial charge in [0.1, 0.15) is 12.1 Å². The van der Waals surface area contributed by atoms with Gasteiger partial charge in [-0.25, -0.2) is 4.79 Å². The molecule has 2 fully saturated rings. The molecule has 1 saturated heterocycles. The van der Waals surface area contributed by atoms with Gasteiger partial charge in [0.05, 0.1) is 12.6 Å². The number of ether oxygens (including phenoxy) is 1. The van der Waals surface area contributed by atoms with Crippen molar-refractivity contribution in [2.24, 2.45) is 11.8 Å². The molecular weight excluding hydrogens is 530 g/mol. The van der Waals surface area contributed by atoms with Crippen LogP contribution in [0.5, 0.6) is 0 Å². The lowest BCUT2D eigenvalue weighted by atomic mass is 9.84. The van der Waals surface area contributed by atoms with Crippen LogP contribution >= 0.6 is 11.6 Å². The Morgan fingerprint density at radius 3 is 2.45 bits per heavy atom. The third kappa shape index (κ3) is 8.96. The first-order chi connectivity index (χ1) is 19.4. The monoisotopic (exact) mass is 569 g/mol. The maximum Gasteiger partial charge on any atom is 0.408 e. The van der Waals surface area contributed by atoms with Crippen molar-refractivity contribution in [1.29, 1.82) is 0 Å². The first kappa shape index (κ1) is 29.9. The summed E-state index contributed by atoms with van der Waals surface area (Å²) in [6.45, 7) is 0.316. The van der Waals surface area contributed by atoms with E-state index in [1.807, 2.05) is 48.5 Å². The van der Waals surface area contributed by atoms with E-state index in [4.69, 9.17) is 16.3 Å². The van der Waals surface area contributed by atoms with Crippen LogP contribution < -0.4 is 16.0 Å². The number of amides is 3. The predicted molar refractivity (Wildman–Crippen MR) is 154 cm³/mol. The van der Waals surface area contributed by atoms with E-state index in [0.717, 1.165) is 36.8 Å². The molecule has 1 aliphatic carbocycles. The maximum absolute atomic E-state index is 13.5. The minimum atomic E-state index is -0.815. The van der Waals surface area contributed by atoms with E-state index in [1.165, 1.54) is 6.42 Å². The van der Waals surface area contributed by atoms with Gasteiger partial charge in [0.2, 0.25) is 11.8 Å². The van der Waals surface area contributed by atoms with Gasteiger partial charge >= 0.3 is 6.09 Å². The van der Waals surface area contributed by atoms with Gasteiger partial charge in [-0.3, -0.25) is 9.59 Å². The Morgan fingerprint density at radius 1 is 1.00 bits per heavy atom. The molecule has 2 aromatic carbocycles. The highest BCUT2D eigenvalue weighted by Gasteiger charge is 2.32. The molecule has 216 valence electrons. The SMILES string of the molecule is O=C(NC(CC1CCCCC1)C(=O)NC(CO)CC1CCNC1=O)OC(Cc1cccc(Cl)c1)c1ccccc1. The van der Waals surface area contributed by atoms with Crippen molar-refractivity contribution < 1.29 is 24.2 Å². The normalized spacial score (nSPS) is 19.8. The molecule has 0 aromatic heterocycles. The van der Waals surface area contributed by atoms with Gasteiger partial charge in [-0.15, -0.1) is 0 Å². The molecule has 2 aliphatic rings. The Hall–Kier alpha value is -3.10. The molecule has 0 radical (unpaired) electrons. The number of carbonyl (C=O) groups is 3. The summed E-state index contributed by atoms with van der Waals surface area (Å²) in [7, 11) is 0. The van der Waals surface area contributed by atoms with Gasteiger partial charge in [-0.2, -0.15) is 0 Å². The van der Waals surface area contributed by atoms with Crippen molar-refractivity contribution in [2.75, 3.05) is 13.2 Å². The average molecular weight is 570 g/mol. The summed E-state index contributed by atoms with van der Waals surface area (Å²) in [5.41, 5.74) is 1.76. The van der Waals surface area contributed by atoms with Crippen LogP contribution in [0.4, 0.5) is 4.79 Å². The van der Waals surface area contributed by atoms with Gasteiger partial charge < -0.3 is 25.8 Å². The highest BCUT2D eigenvalue weighted by Crippen LogP contribution is 2.28. The Balaban J connectivity index is 1.45. The largest absolute Gasteiger partial charge is 0.441 e. The fourth-order valence-electron chi connectivity index (χ4n) is 5.76. The van der Waals surface area contributed by atoms with E-state index in [9.17, 15) is 19.5 Å². The topological polar surface area (TPSA) is 117 Å². The van der Waals surface area contributed by atoms with E-state index < -0.39 is 24.3 Å². The van der Waals surface area contributed by atoms with Crippen LogP contribution in [0.1, 0.15) is 68.6 Å². The Labute approximate surface area is 241 Å². The quantitative estimate of drug-likeness (QED) is 0.296. The zero-order valence-electron chi connectivity index (χ0n) is 22.8. The second kappa shape index (κ2) is 15.1. The lowest BCUT2D eigenvalue weighted by Gasteiger charge is -2.29. The van der Waals surface area contributed by atoms with Crippen molar-refractivity contribution in [1.82, 2.24) is 16.0 Å². The van der Waals surface area contributed by atoms with Crippen LogP contribution in [0, 0.1) is 11.8 Å². The maximum atomic E-state index is 13.5. The van der Waals surface area contributed by atoms with Crippen LogP contribution in [0.25, 0.3) is 0 Å². The van der Waals surface area contributed by atoms with Crippen LogP contribution in [0.15, 0.2) is 54.6 Å². The van der Waals surface area contributed by atoms with Gasteiger partial charge in [-0.05, 0) is 48.4 Å². The fraction of sp³-hybridized carbons (Fsp3) is 0.516. The molecule has 4 N–H and O–H groups in total. The molecule has 3 amide bonds. The average Bonchev–Trinajstić information content (AvgIpc) is 3.36. The van der Waals surface area contributed by atoms with Crippen LogP contribution in [-0.2, 0) is 20.7 Å². The molecule has 9 heteroatoms. The fourth-order valence-corrected chi connectivity index (χ4v) is 5.97. The van der Waals surface area contributed by atoms with E-state index in [-0.39, 0.29) is 24.3 Å². The number of benzene rings is 2. The molecule has 2 aromatic rings. The van der Waals surface area contributed by atoms with Crippen molar-refractivity contribution >= 4 is 29.5 Å². The van der Waals surface area contributed by atoms with Gasteiger partial charge in [0.15, 0.2) is 0 Å². The van der Waals surface area contributed by atoms with Crippen molar-refractivity contribution in [2.45, 2.75) is 76.0 Å². The molecule has 1 saturated carbocycles. The van der Waals surface area contributed by atoms with Gasteiger partial charge in [0.25, 0.3) is 0 Å². The van der Waals surface area contributed by atoms with Crippen LogP contribution in [0.3, 0.4) is 0 Å². The lowest BCUT2D eigenvalue weighted by Crippen LogP contribution is -2.52. The molecule has 1 aliphatic heterocycles. The zero-order valence-corrected chi connectivity index (χ0v) is 23.6. The lowest BCUT2D eigenvalue weighted by molar-refractivity contribution is -0.126. The summed E-state index contributed by atoms with van der Waals surface area (Å²) in [5, 5.41) is 19.1. The van der Waals surface area contributed by atoms with Gasteiger partial charge in [0, 0.05) is 23.9 Å². The summed E-state index contributed by atoms with van der Waals surface area (Å²) >= 11 is 6.19. The molecule has 40 heavy (non-hydrogen) atoms. The number of aliphatic hydroxyl groups is 1. The van der Waals surface area contributed by atoms with E-state index in [1.54, 1.807) is 6.07 Å². The third-order valence-corrected chi connectivity index (χ3v) is 8.17. The molecule has 4 rings (SSSR count). The zero-order chi connectivity index (χ0) is 28.3. The summed E-state index contributed by atoms with van der Waals surface area (Å²) < 4.78 is 5.93. The second-order valence-corrected chi connectivity index (χ2v) is 11.4. The molecular formula is C31H40ClN3O5. The van der Waals surface area contributed by atoms with Crippen molar-refractivity contribution in [3.8, 4) is 0 Å². The highest BCUT2D eigenvalue weighted by molar-refractivity contribution is 6.30. The molecule has 4 atom stereocenters. The Kier molecular flexibility index (Phi) is 11.2. The van der Waals surface area contributed by atoms with Crippen LogP contribution in [-0.4, -0.2) is 48.2 Å². The predicted octanol–water partition coefficient (Wildman–Crippen LogP) is 4.69. The third-order valence-electron chi connectivity index (χ3n) is 7.93. The number of rotatable bonds is 12. The summed E-state index contributed by atoms with van der Waals surface area (Å²) in [4.78, 5) is 38.8. The summed E-state index contributed by atoms with van der Waals surface area (Å²) in [6, 6.07) is 15.5. The van der Waals surface area contributed by atoms with E-state index >= 15 is 0 Å². The number of carbonyl (C=O) groups excluding carboxylic acids is 3. The second-order valence-electron chi connectivity index (χ2n) is 11.0. The number of halogens is 1. The van der Waals surface area contributed by atoms with E-state index in [2.05, 4.69) is 16.0 Å². The minimum absolute atomic E-state index is 0.0557. The number of hydrogen-bond donors (Lipinski definition) is 4. The Morgan fingerprint density at radius 2 is 1.77 bits per heavy atom. The standard InChI is InChI=1S/C31H40ClN3O5/c32-25-13-7-10-22(16-25)18-28(23-11-5-2-6-12-23)40-31(39)35-27(17-21-8-3-1-4-9-21)30(38)34-26(20-36)19-24-14-15-33-29(24)37/h2,5-7,10-13,16,21,24,26-28,36H,1,3-4,8-9,14-15,17-20H2,(H,33,37)(H,34,38)(H,35,39). The Bertz CT molecular complexity index is 1120. The first-order valence-electron chi connectivity index (χ1n) is 14.4. The first-order valence-corrected chi connectivity index (χ1v) is 14.7. The highest BCUT2D eigenvalue weighted by atomic mass is 35.5. The molecule has 4 unspecified atom stereocenters. The van der Waals surface area contributed by atoms with Crippen molar-refractivity contribution in [3.63, 3.8) is 0 Å². The number of nitrogens with one attached hydrogen (secondary N) is 3. The molecule has 8 nitrogen and oxygen atoms in total. The summed E-state index contributed by atoms with van der Waals surface area (Å²) in [5.74, 6) is -0.356. The summed E-state index contributed by atoms with van der Waals surface area (Å²) in [6.07, 6.45) is 6.10. The molecule has 0 bridgehead atoms. The van der Waals surface area contributed by atoms with Gasteiger partial charge in [-0.1, -0.05) is 86.2 Å². The molecule has 1 heterocycles. The van der Waals surface area contributed by atoms with Crippen molar-refractivity contribution in [3.05, 3.63) is 70.7 Å². The van der Waals surface area contributed by atoms with E-state index in [0.29, 0.717) is 43.2 Å². The minimum Gasteiger partial charge on any atom is -0.441 e. The number of hydrogen-bond acceptors (Lipinski definition) is 5. The molecule has 0 spiro atoms.